The minimum atomic E-state index is -0.221. The summed E-state index contributed by atoms with van der Waals surface area (Å²) in [6, 6.07) is 17.6. The van der Waals surface area contributed by atoms with E-state index in [1.54, 1.807) is 7.11 Å². The lowest BCUT2D eigenvalue weighted by atomic mass is 10.1. The molecule has 1 amide bonds. The summed E-state index contributed by atoms with van der Waals surface area (Å²) >= 11 is 0. The molecule has 2 aromatic heterocycles. The van der Waals surface area contributed by atoms with Crippen LogP contribution in [0.3, 0.4) is 0 Å². The van der Waals surface area contributed by atoms with Gasteiger partial charge in [0.05, 0.1) is 18.5 Å². The number of methoxy groups -OCH3 is 1. The molecule has 4 aromatic rings. The first kappa shape index (κ1) is 22.3. The van der Waals surface area contributed by atoms with E-state index in [1.807, 2.05) is 66.2 Å². The highest BCUT2D eigenvalue weighted by Gasteiger charge is 2.16. The number of rotatable bonds is 8. The van der Waals surface area contributed by atoms with Gasteiger partial charge in [0.15, 0.2) is 12.3 Å². The van der Waals surface area contributed by atoms with Crippen molar-refractivity contribution in [3.63, 3.8) is 0 Å². The molecule has 0 saturated heterocycles. The SMILES string of the molecule is CCc1cc(OCC(=O)NCc2cccc(OC)c2)nc2c1c(C)nn2-c1ccc(C)cc1. The van der Waals surface area contributed by atoms with Gasteiger partial charge in [-0.1, -0.05) is 36.8 Å². The van der Waals surface area contributed by atoms with E-state index >= 15 is 0 Å². The average molecular weight is 445 g/mol. The molecule has 0 aliphatic carbocycles. The molecule has 33 heavy (non-hydrogen) atoms. The summed E-state index contributed by atoms with van der Waals surface area (Å²) in [6.45, 7) is 6.39. The van der Waals surface area contributed by atoms with Crippen molar-refractivity contribution in [3.8, 4) is 17.3 Å². The average Bonchev–Trinajstić information content (AvgIpc) is 3.17. The van der Waals surface area contributed by atoms with Crippen LogP contribution in [0.5, 0.6) is 11.6 Å². The number of aromatic nitrogens is 3. The number of amides is 1. The van der Waals surface area contributed by atoms with Gasteiger partial charge in [0.2, 0.25) is 5.88 Å². The number of hydrogen-bond donors (Lipinski definition) is 1. The number of nitrogens with zero attached hydrogens (tertiary/aromatic N) is 3. The zero-order chi connectivity index (χ0) is 23.4. The number of benzene rings is 2. The number of aryl methyl sites for hydroxylation is 3. The molecule has 0 aliphatic rings. The Bertz CT molecular complexity index is 1280. The number of carbonyl (C=O) groups is 1. The first-order valence-corrected chi connectivity index (χ1v) is 11.0. The maximum Gasteiger partial charge on any atom is 0.258 e. The van der Waals surface area contributed by atoms with E-state index in [0.29, 0.717) is 12.4 Å². The number of carbonyl (C=O) groups excluding carboxylic acids is 1. The molecule has 0 aliphatic heterocycles. The van der Waals surface area contributed by atoms with Crippen molar-refractivity contribution in [1.29, 1.82) is 0 Å². The van der Waals surface area contributed by atoms with Gasteiger partial charge < -0.3 is 14.8 Å². The van der Waals surface area contributed by atoms with Crippen molar-refractivity contribution in [2.24, 2.45) is 0 Å². The van der Waals surface area contributed by atoms with Crippen LogP contribution >= 0.6 is 0 Å². The molecule has 170 valence electrons. The van der Waals surface area contributed by atoms with Gasteiger partial charge in [0.1, 0.15) is 5.75 Å². The molecule has 0 saturated carbocycles. The lowest BCUT2D eigenvalue weighted by molar-refractivity contribution is -0.123. The number of ether oxygens (including phenoxy) is 2. The van der Waals surface area contributed by atoms with Crippen molar-refractivity contribution in [2.75, 3.05) is 13.7 Å². The fraction of sp³-hybridized carbons (Fsp3) is 0.269. The molecule has 0 radical (unpaired) electrons. The molecular weight excluding hydrogens is 416 g/mol. The van der Waals surface area contributed by atoms with Crippen LogP contribution in [-0.4, -0.2) is 34.4 Å². The lowest BCUT2D eigenvalue weighted by Gasteiger charge is -2.10. The molecule has 0 fully saturated rings. The van der Waals surface area contributed by atoms with Crippen molar-refractivity contribution in [3.05, 3.63) is 77.0 Å². The van der Waals surface area contributed by atoms with Gasteiger partial charge in [0.25, 0.3) is 5.91 Å². The smallest absolute Gasteiger partial charge is 0.258 e. The van der Waals surface area contributed by atoms with Crippen molar-refractivity contribution < 1.29 is 14.3 Å². The molecule has 7 nitrogen and oxygen atoms in total. The van der Waals surface area contributed by atoms with Gasteiger partial charge in [-0.15, -0.1) is 0 Å². The van der Waals surface area contributed by atoms with Crippen LogP contribution < -0.4 is 14.8 Å². The summed E-state index contributed by atoms with van der Waals surface area (Å²) < 4.78 is 12.8. The van der Waals surface area contributed by atoms with E-state index in [9.17, 15) is 4.79 Å². The van der Waals surface area contributed by atoms with Gasteiger partial charge in [0, 0.05) is 18.0 Å². The van der Waals surface area contributed by atoms with Gasteiger partial charge >= 0.3 is 0 Å². The van der Waals surface area contributed by atoms with E-state index in [0.717, 1.165) is 45.7 Å². The maximum atomic E-state index is 12.4. The fourth-order valence-corrected chi connectivity index (χ4v) is 3.74. The molecule has 2 heterocycles. The second kappa shape index (κ2) is 9.73. The molecular formula is C26H28N4O3. The Morgan fingerprint density at radius 2 is 1.88 bits per heavy atom. The summed E-state index contributed by atoms with van der Waals surface area (Å²) in [7, 11) is 1.62. The van der Waals surface area contributed by atoms with Gasteiger partial charge in [-0.2, -0.15) is 10.1 Å². The molecule has 2 aromatic carbocycles. The monoisotopic (exact) mass is 444 g/mol. The Morgan fingerprint density at radius 1 is 1.09 bits per heavy atom. The third kappa shape index (κ3) is 4.98. The topological polar surface area (TPSA) is 78.3 Å². The Hall–Kier alpha value is -3.87. The number of nitrogens with one attached hydrogen (secondary N) is 1. The van der Waals surface area contributed by atoms with Gasteiger partial charge in [-0.05, 0) is 55.7 Å². The predicted octanol–water partition coefficient (Wildman–Crippen LogP) is 4.30. The second-order valence-electron chi connectivity index (χ2n) is 7.92. The zero-order valence-electron chi connectivity index (χ0n) is 19.4. The molecule has 0 spiro atoms. The summed E-state index contributed by atoms with van der Waals surface area (Å²) in [5.74, 6) is 0.938. The minimum absolute atomic E-state index is 0.122. The van der Waals surface area contributed by atoms with E-state index < -0.39 is 0 Å². The number of hydrogen-bond acceptors (Lipinski definition) is 5. The zero-order valence-corrected chi connectivity index (χ0v) is 19.4. The first-order chi connectivity index (χ1) is 16.0. The largest absolute Gasteiger partial charge is 0.497 e. The normalized spacial score (nSPS) is 10.9. The molecule has 7 heteroatoms. The number of fused-ring (bicyclic) bond motifs is 1. The summed E-state index contributed by atoms with van der Waals surface area (Å²) in [5, 5.41) is 8.61. The Balaban J connectivity index is 1.52. The molecule has 0 unspecified atom stereocenters. The highest BCUT2D eigenvalue weighted by Crippen LogP contribution is 2.27. The minimum Gasteiger partial charge on any atom is -0.497 e. The third-order valence-corrected chi connectivity index (χ3v) is 5.51. The van der Waals surface area contributed by atoms with Crippen LogP contribution in [-0.2, 0) is 17.8 Å². The van der Waals surface area contributed by atoms with Crippen molar-refractivity contribution in [2.45, 2.75) is 33.7 Å². The number of pyridine rings is 1. The lowest BCUT2D eigenvalue weighted by Crippen LogP contribution is -2.28. The van der Waals surface area contributed by atoms with E-state index in [1.165, 1.54) is 5.56 Å². The fourth-order valence-electron chi connectivity index (χ4n) is 3.74. The van der Waals surface area contributed by atoms with E-state index in [4.69, 9.17) is 19.6 Å². The Kier molecular flexibility index (Phi) is 6.58. The molecule has 4 rings (SSSR count). The van der Waals surface area contributed by atoms with Gasteiger partial charge in [-0.3, -0.25) is 4.79 Å². The third-order valence-electron chi connectivity index (χ3n) is 5.51. The summed E-state index contributed by atoms with van der Waals surface area (Å²) in [4.78, 5) is 17.1. The molecule has 0 atom stereocenters. The van der Waals surface area contributed by atoms with E-state index in [-0.39, 0.29) is 12.5 Å². The van der Waals surface area contributed by atoms with Crippen molar-refractivity contribution >= 4 is 16.9 Å². The van der Waals surface area contributed by atoms with Crippen LogP contribution in [0.25, 0.3) is 16.7 Å². The highest BCUT2D eigenvalue weighted by molar-refractivity contribution is 5.84. The van der Waals surface area contributed by atoms with E-state index in [2.05, 4.69) is 19.2 Å². The summed E-state index contributed by atoms with van der Waals surface area (Å²) in [6.07, 6.45) is 0.803. The van der Waals surface area contributed by atoms with Gasteiger partial charge in [-0.25, -0.2) is 4.68 Å². The maximum absolute atomic E-state index is 12.4. The molecule has 1 N–H and O–H groups in total. The Labute approximate surface area is 193 Å². The van der Waals surface area contributed by atoms with Crippen molar-refractivity contribution in [1.82, 2.24) is 20.1 Å². The van der Waals surface area contributed by atoms with Crippen LogP contribution in [0.15, 0.2) is 54.6 Å². The standard InChI is InChI=1S/C26H28N4O3/c1-5-20-14-24(33-16-23(31)27-15-19-7-6-8-22(13-19)32-4)28-26-25(20)18(3)29-30(26)21-11-9-17(2)10-12-21/h6-14H,5,15-16H2,1-4H3,(H,27,31). The second-order valence-corrected chi connectivity index (χ2v) is 7.92. The summed E-state index contributed by atoms with van der Waals surface area (Å²) in [5.41, 5.74) is 5.79. The first-order valence-electron chi connectivity index (χ1n) is 11.0. The van der Waals surface area contributed by atoms with Crippen LogP contribution in [0.2, 0.25) is 0 Å². The highest BCUT2D eigenvalue weighted by atomic mass is 16.5. The van der Waals surface area contributed by atoms with Crippen LogP contribution in [0.4, 0.5) is 0 Å². The predicted molar refractivity (Wildman–Crippen MR) is 128 cm³/mol. The Morgan fingerprint density at radius 3 is 2.61 bits per heavy atom. The molecule has 0 bridgehead atoms. The van der Waals surface area contributed by atoms with Crippen LogP contribution in [0, 0.1) is 13.8 Å². The quantitative estimate of drug-likeness (QED) is 0.438. The van der Waals surface area contributed by atoms with Crippen LogP contribution in [0.1, 0.15) is 29.3 Å².